The second-order valence-electron chi connectivity index (χ2n) is 7.83. The van der Waals surface area contributed by atoms with Gasteiger partial charge in [0.2, 0.25) is 5.91 Å². The topological polar surface area (TPSA) is 75.2 Å². The molecule has 2 aliphatic rings. The van der Waals surface area contributed by atoms with E-state index in [9.17, 15) is 4.79 Å². The van der Waals surface area contributed by atoms with Gasteiger partial charge in [-0.25, -0.2) is 0 Å². The van der Waals surface area contributed by atoms with Gasteiger partial charge in [-0.15, -0.1) is 0 Å². The van der Waals surface area contributed by atoms with Crippen LogP contribution in [0.1, 0.15) is 43.7 Å². The van der Waals surface area contributed by atoms with Gasteiger partial charge in [0.1, 0.15) is 0 Å². The highest BCUT2D eigenvalue weighted by Crippen LogP contribution is 2.19. The second-order valence-corrected chi connectivity index (χ2v) is 7.83. The Balaban J connectivity index is 1.31. The summed E-state index contributed by atoms with van der Waals surface area (Å²) in [5.41, 5.74) is 2.65. The molecule has 0 bridgehead atoms. The summed E-state index contributed by atoms with van der Waals surface area (Å²) in [7, 11) is 0. The van der Waals surface area contributed by atoms with Crippen LogP contribution in [-0.2, 0) is 27.2 Å². The molecule has 7 heteroatoms. The maximum Gasteiger partial charge on any atom is 0.222 e. The van der Waals surface area contributed by atoms with E-state index in [1.807, 2.05) is 11.0 Å². The predicted molar refractivity (Wildman–Crippen MR) is 119 cm³/mol. The molecule has 0 aliphatic carbocycles. The van der Waals surface area contributed by atoms with Crippen LogP contribution in [0.25, 0.3) is 0 Å². The predicted octanol–water partition coefficient (Wildman–Crippen LogP) is 2.10. The molecule has 0 aromatic heterocycles. The Bertz CT molecular complexity index is 689. The van der Waals surface area contributed by atoms with Crippen molar-refractivity contribution in [1.29, 1.82) is 0 Å². The minimum atomic E-state index is 0.228. The van der Waals surface area contributed by atoms with Crippen LogP contribution in [0.15, 0.2) is 29.3 Å². The Morgan fingerprint density at radius 1 is 1.27 bits per heavy atom. The number of ether oxygens (including phenoxy) is 2. The number of benzene rings is 1. The van der Waals surface area contributed by atoms with Crippen molar-refractivity contribution in [2.24, 2.45) is 4.99 Å². The Morgan fingerprint density at radius 3 is 2.93 bits per heavy atom. The van der Waals surface area contributed by atoms with Crippen molar-refractivity contribution >= 4 is 11.9 Å². The lowest BCUT2D eigenvalue weighted by Crippen LogP contribution is -2.38. The van der Waals surface area contributed by atoms with Gasteiger partial charge in [-0.05, 0) is 43.7 Å². The highest BCUT2D eigenvalue weighted by atomic mass is 16.5. The molecular weight excluding hydrogens is 380 g/mol. The normalized spacial score (nSPS) is 18.9. The summed E-state index contributed by atoms with van der Waals surface area (Å²) in [5.74, 6) is 1.03. The van der Waals surface area contributed by atoms with E-state index in [0.717, 1.165) is 77.6 Å². The highest BCUT2D eigenvalue weighted by Gasteiger charge is 2.19. The number of rotatable bonds is 10. The third kappa shape index (κ3) is 7.29. The van der Waals surface area contributed by atoms with Crippen LogP contribution in [0.3, 0.4) is 0 Å². The number of aliphatic imine (C=N–C) groups is 1. The molecule has 1 aromatic rings. The summed E-state index contributed by atoms with van der Waals surface area (Å²) >= 11 is 0. The minimum Gasteiger partial charge on any atom is -0.379 e. The molecule has 1 unspecified atom stereocenters. The molecule has 2 aliphatic heterocycles. The van der Waals surface area contributed by atoms with Gasteiger partial charge in [-0.3, -0.25) is 9.79 Å². The summed E-state index contributed by atoms with van der Waals surface area (Å²) < 4.78 is 11.1. The van der Waals surface area contributed by atoms with E-state index < -0.39 is 0 Å². The maximum atomic E-state index is 12.6. The monoisotopic (exact) mass is 416 g/mol. The number of nitrogens with zero attached hydrogens (tertiary/aromatic N) is 2. The Hall–Kier alpha value is -2.12. The van der Waals surface area contributed by atoms with Crippen molar-refractivity contribution in [2.45, 2.75) is 51.7 Å². The van der Waals surface area contributed by atoms with Gasteiger partial charge in [0.15, 0.2) is 5.96 Å². The average molecular weight is 417 g/mol. The lowest BCUT2D eigenvalue weighted by molar-refractivity contribution is -0.132. The third-order valence-corrected chi connectivity index (χ3v) is 5.50. The highest BCUT2D eigenvalue weighted by molar-refractivity contribution is 5.80. The van der Waals surface area contributed by atoms with Crippen molar-refractivity contribution in [3.05, 3.63) is 35.4 Å². The fourth-order valence-electron chi connectivity index (χ4n) is 3.80. The first-order valence-electron chi connectivity index (χ1n) is 11.3. The SMILES string of the molecule is CCNC(=NCCCC(=O)N1CCc2ccccc2C1)NCCCOC1CCOC1. The zero-order chi connectivity index (χ0) is 21.0. The number of guanidine groups is 1. The molecule has 7 nitrogen and oxygen atoms in total. The summed E-state index contributed by atoms with van der Waals surface area (Å²) in [6.45, 7) is 8.14. The van der Waals surface area contributed by atoms with Crippen LogP contribution < -0.4 is 10.6 Å². The molecule has 2 heterocycles. The fraction of sp³-hybridized carbons (Fsp3) is 0.652. The van der Waals surface area contributed by atoms with Gasteiger partial charge in [0.05, 0.1) is 12.7 Å². The van der Waals surface area contributed by atoms with Crippen molar-refractivity contribution in [2.75, 3.05) is 46.0 Å². The molecule has 0 saturated carbocycles. The molecule has 30 heavy (non-hydrogen) atoms. The van der Waals surface area contributed by atoms with Gasteiger partial charge in [-0.2, -0.15) is 0 Å². The first-order chi connectivity index (χ1) is 14.8. The Morgan fingerprint density at radius 2 is 2.13 bits per heavy atom. The molecule has 2 N–H and O–H groups in total. The lowest BCUT2D eigenvalue weighted by atomic mass is 9.99. The van der Waals surface area contributed by atoms with Crippen LogP contribution in [-0.4, -0.2) is 68.9 Å². The maximum absolute atomic E-state index is 12.6. The Kier molecular flexibility index (Phi) is 9.44. The van der Waals surface area contributed by atoms with Crippen LogP contribution in [0.2, 0.25) is 0 Å². The van der Waals surface area contributed by atoms with E-state index >= 15 is 0 Å². The van der Waals surface area contributed by atoms with Crippen LogP contribution in [0.4, 0.5) is 0 Å². The first-order valence-corrected chi connectivity index (χ1v) is 11.3. The molecule has 1 fully saturated rings. The smallest absolute Gasteiger partial charge is 0.222 e. The van der Waals surface area contributed by atoms with Crippen molar-refractivity contribution in [3.63, 3.8) is 0 Å². The summed E-state index contributed by atoms with van der Waals surface area (Å²) in [6, 6.07) is 8.41. The molecule has 1 amide bonds. The Labute approximate surface area is 180 Å². The molecule has 0 radical (unpaired) electrons. The molecule has 166 valence electrons. The number of hydrogen-bond acceptors (Lipinski definition) is 4. The largest absolute Gasteiger partial charge is 0.379 e. The van der Waals surface area contributed by atoms with E-state index in [0.29, 0.717) is 13.0 Å². The number of carbonyl (C=O) groups excluding carboxylic acids is 1. The number of fused-ring (bicyclic) bond motifs is 1. The van der Waals surface area contributed by atoms with Crippen molar-refractivity contribution in [3.8, 4) is 0 Å². The van der Waals surface area contributed by atoms with E-state index in [4.69, 9.17) is 9.47 Å². The third-order valence-electron chi connectivity index (χ3n) is 5.50. The number of carbonyl (C=O) groups is 1. The van der Waals surface area contributed by atoms with E-state index in [-0.39, 0.29) is 12.0 Å². The van der Waals surface area contributed by atoms with Gasteiger partial charge in [-0.1, -0.05) is 24.3 Å². The molecule has 1 atom stereocenters. The average Bonchev–Trinajstić information content (AvgIpc) is 3.29. The van der Waals surface area contributed by atoms with Gasteiger partial charge in [0, 0.05) is 52.4 Å². The molecule has 3 rings (SSSR count). The first kappa shape index (κ1) is 22.6. The molecular formula is C23H36N4O3. The molecule has 0 spiro atoms. The van der Waals surface area contributed by atoms with Gasteiger partial charge in [0.25, 0.3) is 0 Å². The zero-order valence-electron chi connectivity index (χ0n) is 18.2. The summed E-state index contributed by atoms with van der Waals surface area (Å²) in [6.07, 6.45) is 4.45. The summed E-state index contributed by atoms with van der Waals surface area (Å²) in [5, 5.41) is 6.60. The van der Waals surface area contributed by atoms with Crippen LogP contribution >= 0.6 is 0 Å². The lowest BCUT2D eigenvalue weighted by Gasteiger charge is -2.28. The number of amides is 1. The number of hydrogen-bond donors (Lipinski definition) is 2. The van der Waals surface area contributed by atoms with Crippen molar-refractivity contribution in [1.82, 2.24) is 15.5 Å². The van der Waals surface area contributed by atoms with Crippen molar-refractivity contribution < 1.29 is 14.3 Å². The van der Waals surface area contributed by atoms with Gasteiger partial charge >= 0.3 is 0 Å². The van der Waals surface area contributed by atoms with Crippen LogP contribution in [0, 0.1) is 0 Å². The fourth-order valence-corrected chi connectivity index (χ4v) is 3.80. The zero-order valence-corrected chi connectivity index (χ0v) is 18.2. The number of nitrogens with one attached hydrogen (secondary N) is 2. The second kappa shape index (κ2) is 12.5. The summed E-state index contributed by atoms with van der Waals surface area (Å²) in [4.78, 5) is 19.1. The quantitative estimate of drug-likeness (QED) is 0.347. The molecule has 1 aromatic carbocycles. The van der Waals surface area contributed by atoms with E-state index in [2.05, 4.69) is 40.7 Å². The molecule has 1 saturated heterocycles. The minimum absolute atomic E-state index is 0.228. The van der Waals surface area contributed by atoms with Crippen LogP contribution in [0.5, 0.6) is 0 Å². The van der Waals surface area contributed by atoms with Gasteiger partial charge < -0.3 is 25.0 Å². The van der Waals surface area contributed by atoms with E-state index in [1.54, 1.807) is 0 Å². The standard InChI is InChI=1S/C23H36N4O3/c1-2-24-23(26-13-6-15-30-21-11-16-29-18-21)25-12-5-9-22(28)27-14-10-19-7-3-4-8-20(19)17-27/h3-4,7-8,21H,2,5-6,9-18H2,1H3,(H2,24,25,26). The van der Waals surface area contributed by atoms with E-state index in [1.165, 1.54) is 11.1 Å².